The number of aromatic nitrogens is 1. The molecule has 0 atom stereocenters. The van der Waals surface area contributed by atoms with Crippen LogP contribution in [0.1, 0.15) is 5.56 Å². The van der Waals surface area contributed by atoms with E-state index in [1.165, 1.54) is 12.4 Å². The number of allylic oxidation sites excluding steroid dienone is 1. The number of anilines is 1. The number of nitrogens with zero attached hydrogens (tertiary/aromatic N) is 1. The average Bonchev–Trinajstić information content (AvgIpc) is 2.53. The zero-order valence-electron chi connectivity index (χ0n) is 11.7. The zero-order valence-corrected chi connectivity index (χ0v) is 11.7. The Morgan fingerprint density at radius 3 is 2.82 bits per heavy atom. The fourth-order valence-corrected chi connectivity index (χ4v) is 1.94. The Morgan fingerprint density at radius 1 is 1.32 bits per heavy atom. The molecule has 0 fully saturated rings. The molecule has 112 valence electrons. The van der Waals surface area contributed by atoms with Crippen molar-refractivity contribution in [3.63, 3.8) is 0 Å². The summed E-state index contributed by atoms with van der Waals surface area (Å²) in [6, 6.07) is 7.29. The van der Waals surface area contributed by atoms with Crippen LogP contribution in [0.5, 0.6) is 0 Å². The van der Waals surface area contributed by atoms with Crippen LogP contribution in [0.25, 0.3) is 16.3 Å². The van der Waals surface area contributed by atoms with Crippen molar-refractivity contribution >= 4 is 40.7 Å². The van der Waals surface area contributed by atoms with Crippen LogP contribution in [-0.2, 0) is 9.59 Å². The Balaban J connectivity index is 2.30. The minimum atomic E-state index is -0.364. The van der Waals surface area contributed by atoms with Crippen LogP contribution in [-0.4, -0.2) is 30.1 Å². The van der Waals surface area contributed by atoms with Gasteiger partial charge in [-0.25, -0.2) is 4.98 Å². The second-order valence-electron chi connectivity index (χ2n) is 4.44. The van der Waals surface area contributed by atoms with Crippen molar-refractivity contribution < 1.29 is 9.59 Å². The maximum atomic E-state index is 11.5. The molecule has 1 aromatic carbocycles. The van der Waals surface area contributed by atoms with E-state index in [9.17, 15) is 9.59 Å². The summed E-state index contributed by atoms with van der Waals surface area (Å²) in [4.78, 5) is 25.8. The summed E-state index contributed by atoms with van der Waals surface area (Å²) >= 11 is 0. The normalized spacial score (nSPS) is 11.0. The summed E-state index contributed by atoms with van der Waals surface area (Å²) < 4.78 is 0. The van der Waals surface area contributed by atoms with Gasteiger partial charge in [0.25, 0.3) is 0 Å². The second kappa shape index (κ2) is 6.98. The summed E-state index contributed by atoms with van der Waals surface area (Å²) in [6.45, 7) is -0.114. The third-order valence-electron chi connectivity index (χ3n) is 3.00. The van der Waals surface area contributed by atoms with Gasteiger partial charge in [0, 0.05) is 29.6 Å². The van der Waals surface area contributed by atoms with E-state index in [1.54, 1.807) is 12.3 Å². The van der Waals surface area contributed by atoms with E-state index >= 15 is 0 Å². The van der Waals surface area contributed by atoms with E-state index in [2.05, 4.69) is 15.6 Å². The van der Waals surface area contributed by atoms with Crippen LogP contribution in [0, 0.1) is 5.41 Å². The molecule has 7 heteroatoms. The predicted molar refractivity (Wildman–Crippen MR) is 85.4 cm³/mol. The standard InChI is InChI=1S/C15H15N5O2/c16-5-13(6-17)10-1-2-11-7-19-14(4-12(11)3-10)20-15(22)8-18-9-21/h1-7,9,16H,8,17H2,(H,18,21)(H,19,20,22)/b13-6+,16-5?. The molecule has 5 N–H and O–H groups in total. The highest BCUT2D eigenvalue weighted by atomic mass is 16.2. The van der Waals surface area contributed by atoms with E-state index in [4.69, 9.17) is 11.1 Å². The molecule has 0 aliphatic heterocycles. The molecule has 0 aliphatic carbocycles. The van der Waals surface area contributed by atoms with Gasteiger partial charge >= 0.3 is 0 Å². The van der Waals surface area contributed by atoms with Crippen LogP contribution >= 0.6 is 0 Å². The number of pyridine rings is 1. The number of nitrogens with one attached hydrogen (secondary N) is 3. The second-order valence-corrected chi connectivity index (χ2v) is 4.44. The number of rotatable bonds is 6. The molecule has 0 saturated heterocycles. The van der Waals surface area contributed by atoms with Crippen molar-refractivity contribution in [3.8, 4) is 0 Å². The first kappa shape index (κ1) is 15.2. The van der Waals surface area contributed by atoms with E-state index in [-0.39, 0.29) is 12.5 Å². The van der Waals surface area contributed by atoms with Crippen LogP contribution in [0.3, 0.4) is 0 Å². The lowest BCUT2D eigenvalue weighted by molar-refractivity contribution is -0.118. The molecule has 0 radical (unpaired) electrons. The summed E-state index contributed by atoms with van der Waals surface area (Å²) in [5, 5.41) is 13.9. The molecule has 2 rings (SSSR count). The molecule has 2 aromatic rings. The first-order valence-electron chi connectivity index (χ1n) is 6.47. The highest BCUT2D eigenvalue weighted by molar-refractivity contribution is 6.09. The van der Waals surface area contributed by atoms with Crippen LogP contribution in [0.15, 0.2) is 36.7 Å². The monoisotopic (exact) mass is 297 g/mol. The van der Waals surface area contributed by atoms with Crippen molar-refractivity contribution in [2.24, 2.45) is 5.73 Å². The fraction of sp³-hybridized carbons (Fsp3) is 0.0667. The van der Waals surface area contributed by atoms with Gasteiger partial charge in [0.1, 0.15) is 5.82 Å². The maximum absolute atomic E-state index is 11.5. The molecule has 22 heavy (non-hydrogen) atoms. The Kier molecular flexibility index (Phi) is 4.81. The molecular weight excluding hydrogens is 282 g/mol. The zero-order chi connectivity index (χ0) is 15.9. The smallest absolute Gasteiger partial charge is 0.244 e. The first-order chi connectivity index (χ1) is 10.7. The van der Waals surface area contributed by atoms with Crippen molar-refractivity contribution in [3.05, 3.63) is 42.2 Å². The maximum Gasteiger partial charge on any atom is 0.244 e. The number of hydrogen-bond acceptors (Lipinski definition) is 5. The minimum Gasteiger partial charge on any atom is -0.404 e. The Hall–Kier alpha value is -3.22. The number of hydrogen-bond donors (Lipinski definition) is 4. The third-order valence-corrected chi connectivity index (χ3v) is 3.00. The molecule has 0 spiro atoms. The Labute approximate surface area is 126 Å². The quantitative estimate of drug-likeness (QED) is 0.467. The molecule has 0 bridgehead atoms. The van der Waals surface area contributed by atoms with E-state index in [0.29, 0.717) is 17.8 Å². The topological polar surface area (TPSA) is 121 Å². The predicted octanol–water partition coefficient (Wildman–Crippen LogP) is 0.868. The summed E-state index contributed by atoms with van der Waals surface area (Å²) in [7, 11) is 0. The molecule has 0 unspecified atom stereocenters. The van der Waals surface area contributed by atoms with E-state index in [1.807, 2.05) is 18.2 Å². The van der Waals surface area contributed by atoms with Crippen molar-refractivity contribution in [1.82, 2.24) is 10.3 Å². The minimum absolute atomic E-state index is 0.114. The van der Waals surface area contributed by atoms with Gasteiger partial charge in [0.05, 0.1) is 6.54 Å². The number of nitrogens with two attached hydrogens (primary N) is 1. The molecule has 1 heterocycles. The van der Waals surface area contributed by atoms with Gasteiger partial charge < -0.3 is 21.8 Å². The summed E-state index contributed by atoms with van der Waals surface area (Å²) in [5.74, 6) is 0.0209. The lowest BCUT2D eigenvalue weighted by Crippen LogP contribution is -2.27. The van der Waals surface area contributed by atoms with E-state index in [0.717, 1.165) is 16.3 Å². The van der Waals surface area contributed by atoms with Crippen LogP contribution < -0.4 is 16.4 Å². The third kappa shape index (κ3) is 3.45. The number of benzene rings is 1. The Bertz CT molecular complexity index is 755. The Morgan fingerprint density at radius 2 is 2.14 bits per heavy atom. The highest BCUT2D eigenvalue weighted by Crippen LogP contribution is 2.21. The summed E-state index contributed by atoms with van der Waals surface area (Å²) in [6.07, 6.45) is 4.63. The van der Waals surface area contributed by atoms with Crippen LogP contribution in [0.4, 0.5) is 5.82 Å². The first-order valence-corrected chi connectivity index (χ1v) is 6.47. The molecular formula is C15H15N5O2. The molecule has 0 saturated carbocycles. The fourth-order valence-electron chi connectivity index (χ4n) is 1.94. The van der Waals surface area contributed by atoms with E-state index < -0.39 is 0 Å². The number of carbonyl (C=O) groups is 2. The van der Waals surface area contributed by atoms with Gasteiger partial charge in [-0.1, -0.05) is 12.1 Å². The largest absolute Gasteiger partial charge is 0.404 e. The number of fused-ring (bicyclic) bond motifs is 1. The molecule has 0 aliphatic rings. The SMILES string of the molecule is N=C/C(=C\N)c1ccc2cnc(NC(=O)CNC=O)cc2c1. The van der Waals surface area contributed by atoms with Gasteiger partial charge in [0.2, 0.25) is 12.3 Å². The van der Waals surface area contributed by atoms with Crippen molar-refractivity contribution in [2.75, 3.05) is 11.9 Å². The van der Waals surface area contributed by atoms with Gasteiger partial charge in [-0.2, -0.15) is 0 Å². The van der Waals surface area contributed by atoms with Gasteiger partial charge in [-0.15, -0.1) is 0 Å². The summed E-state index contributed by atoms with van der Waals surface area (Å²) in [5.41, 5.74) is 6.88. The van der Waals surface area contributed by atoms with Crippen molar-refractivity contribution in [1.29, 1.82) is 5.41 Å². The number of amides is 2. The highest BCUT2D eigenvalue weighted by Gasteiger charge is 2.05. The van der Waals surface area contributed by atoms with Gasteiger partial charge in [-0.3, -0.25) is 9.59 Å². The lowest BCUT2D eigenvalue weighted by atomic mass is 10.0. The average molecular weight is 297 g/mol. The van der Waals surface area contributed by atoms with Crippen LogP contribution in [0.2, 0.25) is 0 Å². The lowest BCUT2D eigenvalue weighted by Gasteiger charge is -2.07. The number of carbonyl (C=O) groups excluding carboxylic acids is 2. The van der Waals surface area contributed by atoms with Crippen molar-refractivity contribution in [2.45, 2.75) is 0 Å². The van der Waals surface area contributed by atoms with Gasteiger partial charge in [-0.05, 0) is 23.1 Å². The molecule has 2 amide bonds. The molecule has 1 aromatic heterocycles. The molecule has 7 nitrogen and oxygen atoms in total. The van der Waals surface area contributed by atoms with Gasteiger partial charge in [0.15, 0.2) is 0 Å².